The Morgan fingerprint density at radius 3 is 2.09 bits per heavy atom. The van der Waals surface area contributed by atoms with E-state index in [1.807, 2.05) is 48.5 Å². The van der Waals surface area contributed by atoms with Gasteiger partial charge in [-0.2, -0.15) is 26.3 Å². The van der Waals surface area contributed by atoms with Crippen LogP contribution in [0.4, 0.5) is 26.3 Å². The van der Waals surface area contributed by atoms with E-state index < -0.39 is 34.6 Å². The van der Waals surface area contributed by atoms with Crippen LogP contribution in [0.2, 0.25) is 0 Å². The summed E-state index contributed by atoms with van der Waals surface area (Å²) in [6, 6.07) is 26.3. The molecule has 2 nitrogen and oxygen atoms in total. The van der Waals surface area contributed by atoms with Crippen LogP contribution in [0.5, 0.6) is 0 Å². The van der Waals surface area contributed by atoms with Gasteiger partial charge in [-0.25, -0.2) is 0 Å². The molecule has 0 spiro atoms. The van der Waals surface area contributed by atoms with Crippen molar-refractivity contribution >= 4 is 10.8 Å². The normalized spacial score (nSPS) is 30.4. The minimum Gasteiger partial charge on any atom is -1.00 e. The number of rotatable bonds is 6. The highest BCUT2D eigenvalue weighted by molar-refractivity contribution is 5.86. The summed E-state index contributed by atoms with van der Waals surface area (Å²) < 4.78 is 91.3. The van der Waals surface area contributed by atoms with Crippen LogP contribution >= 0.6 is 0 Å². The first-order valence-corrected chi connectivity index (χ1v) is 15.6. The lowest BCUT2D eigenvalue weighted by Gasteiger charge is -2.43. The number of alkyl halides is 6. The molecule has 9 heteroatoms. The van der Waals surface area contributed by atoms with Crippen molar-refractivity contribution in [1.82, 2.24) is 0 Å². The van der Waals surface area contributed by atoms with E-state index in [9.17, 15) is 26.3 Å². The molecule has 2 heterocycles. The average molecular weight is 705 g/mol. The van der Waals surface area contributed by atoms with Gasteiger partial charge in [0.25, 0.3) is 0 Å². The molecule has 3 fully saturated rings. The summed E-state index contributed by atoms with van der Waals surface area (Å²) in [5, 5.41) is 2.13. The fourth-order valence-corrected chi connectivity index (χ4v) is 9.74. The second-order valence-corrected chi connectivity index (χ2v) is 13.7. The maximum Gasteiger partial charge on any atom is 0.416 e. The van der Waals surface area contributed by atoms with Crippen molar-refractivity contribution in [3.63, 3.8) is 0 Å². The van der Waals surface area contributed by atoms with Crippen molar-refractivity contribution in [1.29, 1.82) is 0 Å². The largest absolute Gasteiger partial charge is 1.00 e. The summed E-state index contributed by atoms with van der Waals surface area (Å²) in [6.07, 6.45) is -7.97. The highest BCUT2D eigenvalue weighted by Crippen LogP contribution is 2.68. The van der Waals surface area contributed by atoms with Crippen LogP contribution in [0.3, 0.4) is 0 Å². The van der Waals surface area contributed by atoms with E-state index >= 15 is 0 Å². The summed E-state index contributed by atoms with van der Waals surface area (Å²) in [5.41, 5.74) is -1.60. The molecule has 0 aromatic heterocycles. The standard InChI is InChI=1S/C37H36F6NO.BrH/c1-24-20-44(21-26-17-28(36(38,39)40)19-29(18-26)37(41,42)43)23-35(33-16-15-31(24)34(33,44)2,45-22-25-9-4-3-5-10-25)32-14-8-12-27-11-6-7-13-30(27)32;/h3-14,17-19,24,31,33H,15-16,20-23H2,1-2H3;1H/q+1;/p-1/t24-,31+,33+,34-,35+,44-;/m1./s1. The third kappa shape index (κ3) is 5.08. The second-order valence-electron chi connectivity index (χ2n) is 13.7. The van der Waals surface area contributed by atoms with Gasteiger partial charge in [0.2, 0.25) is 0 Å². The number of benzene rings is 4. The van der Waals surface area contributed by atoms with E-state index in [1.165, 1.54) is 0 Å². The Labute approximate surface area is 275 Å². The van der Waals surface area contributed by atoms with Crippen LogP contribution in [-0.4, -0.2) is 23.1 Å². The second kappa shape index (κ2) is 11.4. The van der Waals surface area contributed by atoms with E-state index in [0.29, 0.717) is 24.2 Å². The van der Waals surface area contributed by atoms with E-state index in [4.69, 9.17) is 4.74 Å². The topological polar surface area (TPSA) is 9.23 Å². The number of ether oxygens (including phenoxy) is 1. The van der Waals surface area contributed by atoms with Gasteiger partial charge in [0.15, 0.2) is 5.60 Å². The molecule has 6 atom stereocenters. The molecule has 7 rings (SSSR count). The molecule has 1 aliphatic carbocycles. The Kier molecular flexibility index (Phi) is 8.17. The minimum absolute atomic E-state index is 0. The van der Waals surface area contributed by atoms with Crippen LogP contribution in [0.15, 0.2) is 91.0 Å². The smallest absolute Gasteiger partial charge is 0.416 e. The zero-order chi connectivity index (χ0) is 31.8. The maximum atomic E-state index is 13.9. The lowest BCUT2D eigenvalue weighted by Crippen LogP contribution is -3.00. The Hall–Kier alpha value is -2.88. The molecule has 2 aliphatic heterocycles. The zero-order valence-corrected chi connectivity index (χ0v) is 27.2. The molecule has 0 radical (unpaired) electrons. The van der Waals surface area contributed by atoms with Crippen LogP contribution in [0, 0.1) is 17.8 Å². The Bertz CT molecular complexity index is 1700. The number of hydrogen-bond donors (Lipinski definition) is 0. The number of quaternary nitrogens is 1. The van der Waals surface area contributed by atoms with Crippen molar-refractivity contribution in [2.45, 2.75) is 63.3 Å². The lowest BCUT2D eigenvalue weighted by atomic mass is 9.72. The lowest BCUT2D eigenvalue weighted by molar-refractivity contribution is -0.968. The molecule has 2 saturated heterocycles. The van der Waals surface area contributed by atoms with E-state index in [1.54, 1.807) is 0 Å². The highest BCUT2D eigenvalue weighted by Gasteiger charge is 2.78. The SMILES string of the molecule is C[C@@H]1C[N@@+]2(Cc3cc(C(F)(F)F)cc(C(F)(F)F)c3)C[C@](OCc3ccccc3)(c3cccc4ccccc34)[C@H]3CC[C@@H]1[C@]32C.[Br-]. The first-order valence-electron chi connectivity index (χ1n) is 15.6. The highest BCUT2D eigenvalue weighted by atomic mass is 79.9. The van der Waals surface area contributed by atoms with Crippen molar-refractivity contribution in [2.24, 2.45) is 17.8 Å². The number of hydrogen-bond acceptors (Lipinski definition) is 1. The monoisotopic (exact) mass is 703 g/mol. The van der Waals surface area contributed by atoms with Crippen molar-refractivity contribution in [3.8, 4) is 0 Å². The van der Waals surface area contributed by atoms with Gasteiger partial charge in [-0.3, -0.25) is 0 Å². The van der Waals surface area contributed by atoms with E-state index in [-0.39, 0.29) is 52.9 Å². The Morgan fingerprint density at radius 1 is 0.783 bits per heavy atom. The molecule has 46 heavy (non-hydrogen) atoms. The summed E-state index contributed by atoms with van der Waals surface area (Å²) in [4.78, 5) is 0. The molecule has 0 N–H and O–H groups in total. The van der Waals surface area contributed by atoms with Crippen molar-refractivity contribution < 1.29 is 52.5 Å². The molecule has 3 aliphatic rings. The first kappa shape index (κ1) is 33.0. The van der Waals surface area contributed by atoms with Gasteiger partial charge in [-0.15, -0.1) is 0 Å². The number of nitrogens with zero attached hydrogens (tertiary/aromatic N) is 1. The maximum absolute atomic E-state index is 13.9. The molecule has 0 bridgehead atoms. The van der Waals surface area contributed by atoms with Gasteiger partial charge in [0.1, 0.15) is 18.6 Å². The summed E-state index contributed by atoms with van der Waals surface area (Å²) >= 11 is 0. The molecule has 0 unspecified atom stereocenters. The molecule has 4 aromatic carbocycles. The van der Waals surface area contributed by atoms with Crippen molar-refractivity contribution in [3.05, 3.63) is 119 Å². The molecular formula is C37H36BrF6NO. The molecule has 0 amide bonds. The fourth-order valence-electron chi connectivity index (χ4n) is 9.74. The summed E-state index contributed by atoms with van der Waals surface area (Å²) in [7, 11) is 0. The number of halogens is 7. The van der Waals surface area contributed by atoms with Gasteiger partial charge in [-0.1, -0.05) is 79.7 Å². The fraction of sp³-hybridized carbons (Fsp3) is 0.405. The third-order valence-electron chi connectivity index (χ3n) is 11.4. The van der Waals surface area contributed by atoms with Gasteiger partial charge < -0.3 is 26.2 Å². The van der Waals surface area contributed by atoms with E-state index in [2.05, 4.69) is 38.1 Å². The summed E-state index contributed by atoms with van der Waals surface area (Å²) in [5.74, 6) is 0.558. The number of fused-ring (bicyclic) bond motifs is 1. The van der Waals surface area contributed by atoms with Crippen molar-refractivity contribution in [2.75, 3.05) is 13.1 Å². The molecule has 4 aromatic rings. The minimum atomic E-state index is -4.90. The average Bonchev–Trinajstić information content (AvgIpc) is 3.54. The molecular weight excluding hydrogens is 668 g/mol. The first-order chi connectivity index (χ1) is 21.3. The van der Waals surface area contributed by atoms with Crippen LogP contribution < -0.4 is 17.0 Å². The third-order valence-corrected chi connectivity index (χ3v) is 11.4. The van der Waals surface area contributed by atoms with Crippen LogP contribution in [0.25, 0.3) is 10.8 Å². The predicted molar refractivity (Wildman–Crippen MR) is 161 cm³/mol. The Balaban J connectivity index is 0.00000372. The zero-order valence-electron chi connectivity index (χ0n) is 25.6. The van der Waals surface area contributed by atoms with Gasteiger partial charge in [0, 0.05) is 17.4 Å². The van der Waals surface area contributed by atoms with E-state index in [0.717, 1.165) is 46.9 Å². The van der Waals surface area contributed by atoms with Gasteiger partial charge >= 0.3 is 12.4 Å². The molecule has 1 saturated carbocycles. The Morgan fingerprint density at radius 2 is 1.41 bits per heavy atom. The molecule has 244 valence electrons. The quantitative estimate of drug-likeness (QED) is 0.159. The van der Waals surface area contributed by atoms with Gasteiger partial charge in [-0.05, 0) is 59.9 Å². The summed E-state index contributed by atoms with van der Waals surface area (Å²) in [6.45, 7) is 5.97. The van der Waals surface area contributed by atoms with Crippen LogP contribution in [-0.2, 0) is 35.8 Å². The predicted octanol–water partition coefficient (Wildman–Crippen LogP) is 6.76. The van der Waals surface area contributed by atoms with Gasteiger partial charge in [0.05, 0.1) is 30.2 Å². The van der Waals surface area contributed by atoms with Crippen LogP contribution in [0.1, 0.15) is 54.5 Å².